The van der Waals surface area contributed by atoms with E-state index in [9.17, 15) is 9.59 Å². The van der Waals surface area contributed by atoms with E-state index in [4.69, 9.17) is 19.4 Å². The van der Waals surface area contributed by atoms with Crippen molar-refractivity contribution >= 4 is 34.5 Å². The van der Waals surface area contributed by atoms with Crippen molar-refractivity contribution in [2.24, 2.45) is 0 Å². The molecule has 0 aliphatic rings. The number of aryl methyl sites for hydroxylation is 1. The molecule has 0 saturated heterocycles. The number of amides is 2. The highest BCUT2D eigenvalue weighted by atomic mass is 16.5. The number of imidazole rings is 4. The van der Waals surface area contributed by atoms with Gasteiger partial charge in [-0.3, -0.25) is 18.7 Å². The van der Waals surface area contributed by atoms with Gasteiger partial charge >= 0.3 is 0 Å². The fourth-order valence-electron chi connectivity index (χ4n) is 8.63. The summed E-state index contributed by atoms with van der Waals surface area (Å²) in [7, 11) is 3.17. The molecule has 0 atom stereocenters. The number of aromatic nitrogens is 10. The van der Waals surface area contributed by atoms with Gasteiger partial charge in [-0.15, -0.1) is 0 Å². The first-order valence-electron chi connectivity index (χ1n) is 23.8. The Balaban J connectivity index is 0.000000161. The summed E-state index contributed by atoms with van der Waals surface area (Å²) in [4.78, 5) is 54.0. The molecule has 12 rings (SSSR count). The molecule has 6 aromatic carbocycles. The first-order valence-corrected chi connectivity index (χ1v) is 23.8. The first kappa shape index (κ1) is 46.9. The number of fused-ring (bicyclic) bond motifs is 2. The molecule has 0 spiro atoms. The summed E-state index contributed by atoms with van der Waals surface area (Å²) in [6, 6.07) is 47.6. The number of nitrogens with one attached hydrogen (secondary N) is 2. The quantitative estimate of drug-likeness (QED) is 0.120. The highest BCUT2D eigenvalue weighted by molar-refractivity contribution is 6.05. The van der Waals surface area contributed by atoms with Gasteiger partial charge in [-0.2, -0.15) is 0 Å². The Hall–Kier alpha value is -10.5. The molecular weight excluding hydrogens is 941 g/mol. The van der Waals surface area contributed by atoms with Crippen LogP contribution in [0.25, 0.3) is 68.2 Å². The van der Waals surface area contributed by atoms with E-state index in [1.165, 1.54) is 0 Å². The summed E-state index contributed by atoms with van der Waals surface area (Å²) in [5, 5.41) is 5.96. The molecule has 0 aliphatic carbocycles. The number of rotatable bonds is 12. The van der Waals surface area contributed by atoms with Gasteiger partial charge in [0.15, 0.2) is 22.9 Å². The molecule has 16 nitrogen and oxygen atoms in total. The fourth-order valence-corrected chi connectivity index (χ4v) is 8.63. The Morgan fingerprint density at radius 3 is 1.45 bits per heavy atom. The maximum atomic E-state index is 13.0. The minimum absolute atomic E-state index is 0.218. The maximum absolute atomic E-state index is 13.0. The van der Waals surface area contributed by atoms with Crippen LogP contribution in [0.2, 0.25) is 0 Å². The van der Waals surface area contributed by atoms with E-state index in [1.54, 1.807) is 75.4 Å². The van der Waals surface area contributed by atoms with Crippen LogP contribution in [0.5, 0.6) is 11.5 Å². The van der Waals surface area contributed by atoms with Crippen LogP contribution >= 0.6 is 0 Å². The zero-order valence-electron chi connectivity index (χ0n) is 40.8. The van der Waals surface area contributed by atoms with E-state index in [2.05, 4.69) is 30.6 Å². The van der Waals surface area contributed by atoms with Crippen molar-refractivity contribution in [2.45, 2.75) is 6.92 Å². The lowest BCUT2D eigenvalue weighted by molar-refractivity contribution is 0.101. The second kappa shape index (κ2) is 20.7. The van der Waals surface area contributed by atoms with Gasteiger partial charge in [0.25, 0.3) is 11.8 Å². The van der Waals surface area contributed by atoms with Crippen molar-refractivity contribution in [1.29, 1.82) is 0 Å². The zero-order valence-corrected chi connectivity index (χ0v) is 40.8. The molecule has 2 N–H and O–H groups in total. The number of nitrogens with zero attached hydrogens (tertiary/aromatic N) is 10. The summed E-state index contributed by atoms with van der Waals surface area (Å²) >= 11 is 0. The van der Waals surface area contributed by atoms with Crippen molar-refractivity contribution < 1.29 is 19.1 Å². The predicted molar refractivity (Wildman–Crippen MR) is 289 cm³/mol. The van der Waals surface area contributed by atoms with Gasteiger partial charge in [0, 0.05) is 107 Å². The average molecular weight is 987 g/mol. The third-order valence-corrected chi connectivity index (χ3v) is 12.3. The van der Waals surface area contributed by atoms with Crippen LogP contribution in [0.3, 0.4) is 0 Å². The van der Waals surface area contributed by atoms with Crippen LogP contribution in [0, 0.1) is 6.92 Å². The Kier molecular flexibility index (Phi) is 12.9. The molecule has 16 heteroatoms. The summed E-state index contributed by atoms with van der Waals surface area (Å²) < 4.78 is 18.4. The molecule has 2 amide bonds. The van der Waals surface area contributed by atoms with Gasteiger partial charge in [0.05, 0.1) is 25.6 Å². The Morgan fingerprint density at radius 2 is 0.947 bits per heavy atom. The third-order valence-electron chi connectivity index (χ3n) is 12.3. The van der Waals surface area contributed by atoms with Gasteiger partial charge in [0.1, 0.15) is 23.1 Å². The zero-order chi connectivity index (χ0) is 51.3. The standard InChI is InChI=1S/C30H24N6O2.C29H22N6O2/c1-20-11-12-23(18-26(20)38-2)30(37)33-24-10-6-9-22(17-24)25-19-35-15-13-32-28(35)29(34-25)36-16-14-31-27(36)21-7-4-3-5-8-21;1-37-24-12-6-10-22(18-24)29(36)32-23-11-5-9-21(17-23)25-19-34-15-13-31-27(34)28(33-25)35-16-14-30-26(35)20-7-3-2-4-8-20/h3-19H,1-2H3,(H,33,37);2-19H,1H3,(H,32,36). The van der Waals surface area contributed by atoms with E-state index < -0.39 is 0 Å². The lowest BCUT2D eigenvalue weighted by Gasteiger charge is -2.12. The molecule has 366 valence electrons. The van der Waals surface area contributed by atoms with Crippen molar-refractivity contribution in [3.05, 3.63) is 230 Å². The number of hydrogen-bond donors (Lipinski definition) is 2. The number of benzene rings is 6. The largest absolute Gasteiger partial charge is 0.497 e. The molecule has 6 heterocycles. The molecule has 75 heavy (non-hydrogen) atoms. The molecule has 0 aliphatic heterocycles. The lowest BCUT2D eigenvalue weighted by Crippen LogP contribution is -2.12. The second-order valence-electron chi connectivity index (χ2n) is 17.2. The molecule has 0 unspecified atom stereocenters. The molecule has 0 fully saturated rings. The van der Waals surface area contributed by atoms with Gasteiger partial charge in [-0.1, -0.05) is 97.1 Å². The van der Waals surface area contributed by atoms with Crippen molar-refractivity contribution in [3.63, 3.8) is 0 Å². The monoisotopic (exact) mass is 986 g/mol. The van der Waals surface area contributed by atoms with Gasteiger partial charge in [0.2, 0.25) is 0 Å². The highest BCUT2D eigenvalue weighted by Crippen LogP contribution is 2.30. The topological polar surface area (TPSA) is 173 Å². The summed E-state index contributed by atoms with van der Waals surface area (Å²) in [6.07, 6.45) is 18.4. The van der Waals surface area contributed by atoms with Crippen molar-refractivity contribution in [2.75, 3.05) is 24.9 Å². The number of carbonyl (C=O) groups excluding carboxylic acids is 2. The Labute approximate surface area is 430 Å². The fraction of sp³-hybridized carbons (Fsp3) is 0.0508. The molecule has 0 bridgehead atoms. The second-order valence-corrected chi connectivity index (χ2v) is 17.2. The average Bonchev–Trinajstić information content (AvgIpc) is 4.32. The number of anilines is 2. The van der Waals surface area contributed by atoms with Crippen LogP contribution in [-0.4, -0.2) is 73.9 Å². The minimum Gasteiger partial charge on any atom is -0.497 e. The van der Waals surface area contributed by atoms with Crippen LogP contribution in [0.1, 0.15) is 26.3 Å². The summed E-state index contributed by atoms with van der Waals surface area (Å²) in [6.45, 7) is 1.94. The van der Waals surface area contributed by atoms with E-state index >= 15 is 0 Å². The van der Waals surface area contributed by atoms with E-state index in [-0.39, 0.29) is 11.8 Å². The third kappa shape index (κ3) is 9.81. The molecule has 0 saturated carbocycles. The maximum Gasteiger partial charge on any atom is 0.255 e. The van der Waals surface area contributed by atoms with Crippen LogP contribution in [0.15, 0.2) is 214 Å². The summed E-state index contributed by atoms with van der Waals surface area (Å²) in [5.41, 5.74) is 9.85. The number of hydrogen-bond acceptors (Lipinski definition) is 10. The van der Waals surface area contributed by atoms with E-state index in [0.717, 1.165) is 50.9 Å². The Bertz CT molecular complexity index is 4010. The number of carbonyl (C=O) groups is 2. The minimum atomic E-state index is -0.222. The van der Waals surface area contributed by atoms with Crippen LogP contribution < -0.4 is 20.1 Å². The van der Waals surface area contributed by atoms with E-state index in [0.29, 0.717) is 56.9 Å². The highest BCUT2D eigenvalue weighted by Gasteiger charge is 2.19. The van der Waals surface area contributed by atoms with Crippen LogP contribution in [0.4, 0.5) is 11.4 Å². The predicted octanol–water partition coefficient (Wildman–Crippen LogP) is 11.3. The van der Waals surface area contributed by atoms with Crippen molar-refractivity contribution in [3.8, 4) is 68.4 Å². The smallest absolute Gasteiger partial charge is 0.255 e. The van der Waals surface area contributed by atoms with Gasteiger partial charge < -0.3 is 28.9 Å². The summed E-state index contributed by atoms with van der Waals surface area (Å²) in [5.74, 6) is 3.72. The SMILES string of the molecule is COc1cc(C(=O)Nc2cccc(-c3cn4ccnc4c(-n4ccnc4-c4ccccc4)n3)c2)ccc1C.COc1cccc(C(=O)Nc2cccc(-c3cn4ccnc4c(-n4ccnc4-c4ccccc4)n3)c2)c1. The van der Waals surface area contributed by atoms with E-state index in [1.807, 2.05) is 177 Å². The molecule has 0 radical (unpaired) electrons. The molecule has 6 aromatic heterocycles. The van der Waals surface area contributed by atoms with Gasteiger partial charge in [-0.25, -0.2) is 29.9 Å². The van der Waals surface area contributed by atoms with Crippen molar-refractivity contribution in [1.82, 2.24) is 47.8 Å². The number of methoxy groups -OCH3 is 2. The molecular formula is C59H46N12O4. The Morgan fingerprint density at radius 1 is 0.467 bits per heavy atom. The first-order chi connectivity index (χ1) is 36.8. The lowest BCUT2D eigenvalue weighted by atomic mass is 10.1. The normalized spacial score (nSPS) is 11.0. The molecule has 12 aromatic rings. The van der Waals surface area contributed by atoms with Gasteiger partial charge in [-0.05, 0) is 67.1 Å². The van der Waals surface area contributed by atoms with Crippen LogP contribution in [-0.2, 0) is 0 Å². The number of ether oxygens (including phenoxy) is 2.